The first-order valence-electron chi connectivity index (χ1n) is 2.15. The largest absolute Gasteiger partial charge is 0.467 e. The Morgan fingerprint density at radius 2 is 2.11 bits per heavy atom. The van der Waals surface area contributed by atoms with Crippen LogP contribution in [0.4, 0.5) is 0 Å². The van der Waals surface area contributed by atoms with Crippen LogP contribution < -0.4 is 5.90 Å². The maximum absolute atomic E-state index is 10.3. The van der Waals surface area contributed by atoms with E-state index in [1.54, 1.807) is 0 Å². The van der Waals surface area contributed by atoms with Crippen LogP contribution in [-0.4, -0.2) is 19.2 Å². The van der Waals surface area contributed by atoms with E-state index in [2.05, 4.69) is 15.5 Å². The SMILES string of the molecule is COC(=O)[C@H](C)ON.Cl. The molecule has 5 heteroatoms. The minimum absolute atomic E-state index is 0. The van der Waals surface area contributed by atoms with Gasteiger partial charge in [-0.05, 0) is 6.92 Å². The molecule has 0 fully saturated rings. The molecular formula is C4H10ClNO3. The molecule has 0 saturated carbocycles. The Kier molecular flexibility index (Phi) is 7.41. The quantitative estimate of drug-likeness (QED) is 0.446. The van der Waals surface area contributed by atoms with Crippen LogP contribution in [0.2, 0.25) is 0 Å². The average molecular weight is 156 g/mol. The van der Waals surface area contributed by atoms with E-state index in [-0.39, 0.29) is 12.4 Å². The molecule has 0 unspecified atom stereocenters. The summed E-state index contributed by atoms with van der Waals surface area (Å²) < 4.78 is 4.26. The molecule has 0 aromatic carbocycles. The standard InChI is InChI=1S/C4H9NO3.ClH/c1-3(8-5)4(6)7-2;/h3H,5H2,1-2H3;1H/t3-;/m0./s1. The Labute approximate surface area is 59.7 Å². The summed E-state index contributed by atoms with van der Waals surface area (Å²) in [4.78, 5) is 14.4. The summed E-state index contributed by atoms with van der Waals surface area (Å²) in [6, 6.07) is 0. The van der Waals surface area contributed by atoms with Crippen molar-refractivity contribution in [2.75, 3.05) is 7.11 Å². The monoisotopic (exact) mass is 155 g/mol. The zero-order valence-electron chi connectivity index (χ0n) is 5.29. The van der Waals surface area contributed by atoms with Gasteiger partial charge in [0.1, 0.15) is 0 Å². The van der Waals surface area contributed by atoms with Crippen LogP contribution in [0.25, 0.3) is 0 Å². The summed E-state index contributed by atoms with van der Waals surface area (Å²) in [5.74, 6) is 4.18. The third-order valence-corrected chi connectivity index (χ3v) is 0.737. The van der Waals surface area contributed by atoms with Gasteiger partial charge in [0.05, 0.1) is 7.11 Å². The number of carbonyl (C=O) groups excluding carboxylic acids is 1. The first-order valence-corrected chi connectivity index (χ1v) is 2.15. The van der Waals surface area contributed by atoms with E-state index in [0.29, 0.717) is 0 Å². The lowest BCUT2D eigenvalue weighted by atomic mass is 10.4. The lowest BCUT2D eigenvalue weighted by Crippen LogP contribution is -2.24. The van der Waals surface area contributed by atoms with Gasteiger partial charge in [-0.1, -0.05) is 0 Å². The average Bonchev–Trinajstić information content (AvgIpc) is 1.84. The second-order valence-electron chi connectivity index (χ2n) is 1.30. The van der Waals surface area contributed by atoms with Crippen LogP contribution in [0, 0.1) is 0 Å². The summed E-state index contributed by atoms with van der Waals surface area (Å²) in [5, 5.41) is 0. The Bertz CT molecular complexity index is 87.9. The van der Waals surface area contributed by atoms with Crippen LogP contribution in [-0.2, 0) is 14.4 Å². The lowest BCUT2D eigenvalue weighted by Gasteiger charge is -2.03. The highest BCUT2D eigenvalue weighted by atomic mass is 35.5. The fraction of sp³-hybridized carbons (Fsp3) is 0.750. The molecule has 0 aromatic rings. The maximum atomic E-state index is 10.3. The van der Waals surface area contributed by atoms with E-state index >= 15 is 0 Å². The van der Waals surface area contributed by atoms with Gasteiger partial charge in [0.15, 0.2) is 6.10 Å². The topological polar surface area (TPSA) is 61.5 Å². The molecule has 0 aliphatic heterocycles. The molecule has 2 N–H and O–H groups in total. The van der Waals surface area contributed by atoms with Gasteiger partial charge in [0, 0.05) is 0 Å². The van der Waals surface area contributed by atoms with Gasteiger partial charge in [-0.25, -0.2) is 10.7 Å². The molecular weight excluding hydrogens is 146 g/mol. The molecule has 0 radical (unpaired) electrons. The molecule has 0 aliphatic carbocycles. The summed E-state index contributed by atoms with van der Waals surface area (Å²) in [6.45, 7) is 1.51. The molecule has 0 spiro atoms. The molecule has 0 bridgehead atoms. The van der Waals surface area contributed by atoms with E-state index in [4.69, 9.17) is 0 Å². The summed E-state index contributed by atoms with van der Waals surface area (Å²) >= 11 is 0. The first kappa shape index (κ1) is 11.5. The second-order valence-corrected chi connectivity index (χ2v) is 1.30. The second kappa shape index (κ2) is 5.81. The highest BCUT2D eigenvalue weighted by Crippen LogP contribution is 1.86. The number of ether oxygens (including phenoxy) is 1. The molecule has 0 saturated heterocycles. The highest BCUT2D eigenvalue weighted by Gasteiger charge is 2.10. The van der Waals surface area contributed by atoms with Crippen molar-refractivity contribution >= 4 is 18.4 Å². The van der Waals surface area contributed by atoms with Gasteiger partial charge in [-0.3, -0.25) is 4.84 Å². The number of carbonyl (C=O) groups is 1. The summed E-state index contributed by atoms with van der Waals surface area (Å²) in [5.41, 5.74) is 0. The number of methoxy groups -OCH3 is 1. The van der Waals surface area contributed by atoms with Gasteiger partial charge in [0.25, 0.3) is 0 Å². The molecule has 1 atom stereocenters. The fourth-order valence-electron chi connectivity index (χ4n) is 0.222. The Morgan fingerprint density at radius 3 is 2.22 bits per heavy atom. The number of hydrogen-bond donors (Lipinski definition) is 1. The van der Waals surface area contributed by atoms with Gasteiger partial charge >= 0.3 is 5.97 Å². The predicted octanol–water partition coefficient (Wildman–Crippen LogP) is -0.140. The van der Waals surface area contributed by atoms with E-state index in [1.165, 1.54) is 14.0 Å². The van der Waals surface area contributed by atoms with Crippen molar-refractivity contribution in [3.05, 3.63) is 0 Å². The number of rotatable bonds is 2. The van der Waals surface area contributed by atoms with Gasteiger partial charge in [-0.2, -0.15) is 0 Å². The normalized spacial score (nSPS) is 11.4. The Balaban J connectivity index is 0. The van der Waals surface area contributed by atoms with Crippen molar-refractivity contribution in [3.8, 4) is 0 Å². The minimum atomic E-state index is -0.667. The molecule has 56 valence electrons. The third-order valence-electron chi connectivity index (χ3n) is 0.737. The van der Waals surface area contributed by atoms with Gasteiger partial charge in [0.2, 0.25) is 0 Å². The smallest absolute Gasteiger partial charge is 0.336 e. The number of halogens is 1. The highest BCUT2D eigenvalue weighted by molar-refractivity contribution is 5.85. The van der Waals surface area contributed by atoms with Crippen molar-refractivity contribution in [3.63, 3.8) is 0 Å². The van der Waals surface area contributed by atoms with E-state index in [9.17, 15) is 4.79 Å². The lowest BCUT2D eigenvalue weighted by molar-refractivity contribution is -0.153. The van der Waals surface area contributed by atoms with Gasteiger partial charge in [-0.15, -0.1) is 12.4 Å². The predicted molar refractivity (Wildman–Crippen MR) is 34.0 cm³/mol. The molecule has 0 heterocycles. The number of nitrogens with two attached hydrogens (primary N) is 1. The summed E-state index contributed by atoms with van der Waals surface area (Å²) in [7, 11) is 1.28. The molecule has 9 heavy (non-hydrogen) atoms. The van der Waals surface area contributed by atoms with E-state index in [0.717, 1.165) is 0 Å². The molecule has 0 aromatic heterocycles. The first-order chi connectivity index (χ1) is 3.72. The van der Waals surface area contributed by atoms with Crippen LogP contribution in [0.5, 0.6) is 0 Å². The fourth-order valence-corrected chi connectivity index (χ4v) is 0.222. The summed E-state index contributed by atoms with van der Waals surface area (Å²) in [6.07, 6.45) is -0.667. The van der Waals surface area contributed by atoms with Gasteiger partial charge < -0.3 is 4.74 Å². The zero-order valence-corrected chi connectivity index (χ0v) is 6.10. The Morgan fingerprint density at radius 1 is 1.67 bits per heavy atom. The molecule has 0 aliphatic rings. The van der Waals surface area contributed by atoms with Crippen LogP contribution in [0.3, 0.4) is 0 Å². The number of esters is 1. The van der Waals surface area contributed by atoms with Crippen molar-refractivity contribution in [1.82, 2.24) is 0 Å². The van der Waals surface area contributed by atoms with E-state index < -0.39 is 12.1 Å². The van der Waals surface area contributed by atoms with Crippen molar-refractivity contribution in [1.29, 1.82) is 0 Å². The van der Waals surface area contributed by atoms with Crippen LogP contribution in [0.1, 0.15) is 6.92 Å². The number of hydrogen-bond acceptors (Lipinski definition) is 4. The molecule has 0 amide bonds. The van der Waals surface area contributed by atoms with E-state index in [1.807, 2.05) is 0 Å². The van der Waals surface area contributed by atoms with Crippen LogP contribution in [0.15, 0.2) is 0 Å². The van der Waals surface area contributed by atoms with Crippen molar-refractivity contribution in [2.45, 2.75) is 13.0 Å². The van der Waals surface area contributed by atoms with Crippen molar-refractivity contribution in [2.24, 2.45) is 5.90 Å². The minimum Gasteiger partial charge on any atom is -0.467 e. The maximum Gasteiger partial charge on any atom is 0.336 e. The van der Waals surface area contributed by atoms with Crippen LogP contribution >= 0.6 is 12.4 Å². The Hall–Kier alpha value is -0.320. The molecule has 4 nitrogen and oxygen atoms in total. The van der Waals surface area contributed by atoms with Crippen molar-refractivity contribution < 1.29 is 14.4 Å². The molecule has 0 rings (SSSR count). The third kappa shape index (κ3) is 4.20. The zero-order chi connectivity index (χ0) is 6.57.